The van der Waals surface area contributed by atoms with Crippen LogP contribution in [-0.2, 0) is 32.0 Å². The van der Waals surface area contributed by atoms with Gasteiger partial charge in [0.2, 0.25) is 0 Å². The maximum atomic E-state index is 6.31. The molecule has 0 aliphatic rings. The Bertz CT molecular complexity index is 778. The second-order valence-corrected chi connectivity index (χ2v) is 10.9. The van der Waals surface area contributed by atoms with E-state index in [4.69, 9.17) is 18.9 Å². The molecule has 37 heavy (non-hydrogen) atoms. The van der Waals surface area contributed by atoms with Crippen molar-refractivity contribution in [2.45, 2.75) is 97.8 Å². The number of hydrogen-bond donors (Lipinski definition) is 0. The van der Waals surface area contributed by atoms with Crippen molar-refractivity contribution in [3.8, 4) is 0 Å². The monoisotopic (exact) mass is 513 g/mol. The summed E-state index contributed by atoms with van der Waals surface area (Å²) >= 11 is 0. The Kier molecular flexibility index (Phi) is 14.4. The zero-order chi connectivity index (χ0) is 27.0. The Labute approximate surface area is 226 Å². The van der Waals surface area contributed by atoms with Gasteiger partial charge in [-0.1, -0.05) is 60.7 Å². The van der Waals surface area contributed by atoms with Gasteiger partial charge in [-0.25, -0.2) is 0 Å². The van der Waals surface area contributed by atoms with E-state index < -0.39 is 0 Å². The fraction of sp³-hybridized carbons (Fsp3) is 0.625. The number of ether oxygens (including phenoxy) is 4. The van der Waals surface area contributed by atoms with Crippen molar-refractivity contribution in [1.82, 2.24) is 4.90 Å². The Morgan fingerprint density at radius 3 is 1.68 bits per heavy atom. The molecule has 5 nitrogen and oxygen atoms in total. The van der Waals surface area contributed by atoms with Crippen LogP contribution >= 0.6 is 0 Å². The van der Waals surface area contributed by atoms with Crippen LogP contribution in [0.5, 0.6) is 0 Å². The Morgan fingerprint density at radius 2 is 1.16 bits per heavy atom. The average Bonchev–Trinajstić information content (AvgIpc) is 2.86. The highest BCUT2D eigenvalue weighted by Crippen LogP contribution is 2.23. The maximum absolute atomic E-state index is 6.31. The molecule has 0 aliphatic heterocycles. The van der Waals surface area contributed by atoms with Gasteiger partial charge < -0.3 is 18.9 Å². The Hall–Kier alpha value is -1.76. The third-order valence-electron chi connectivity index (χ3n) is 6.49. The highest BCUT2D eigenvalue weighted by Gasteiger charge is 2.24. The number of rotatable bonds is 20. The summed E-state index contributed by atoms with van der Waals surface area (Å²) in [6.45, 7) is 18.2. The Balaban J connectivity index is 1.73. The van der Waals surface area contributed by atoms with Crippen molar-refractivity contribution in [3.05, 3.63) is 71.8 Å². The van der Waals surface area contributed by atoms with E-state index in [1.165, 1.54) is 11.1 Å². The summed E-state index contributed by atoms with van der Waals surface area (Å²) in [7, 11) is 0. The van der Waals surface area contributed by atoms with E-state index in [-0.39, 0.29) is 17.5 Å². The first-order chi connectivity index (χ1) is 17.7. The molecule has 0 radical (unpaired) electrons. The number of nitrogens with zero attached hydrogens (tertiary/aromatic N) is 1. The van der Waals surface area contributed by atoms with Crippen LogP contribution in [0, 0.1) is 0 Å². The highest BCUT2D eigenvalue weighted by molar-refractivity contribution is 5.17. The standard InChI is InChI=1S/C32H51NO4/c1-7-34-30(35-8-2)20-21-31(3,4)37-25-22-32(5,6)36-24-15-23-33(26-28-16-11-9-12-17-28)27-29-18-13-10-14-19-29/h9-14,16-19,30H,7-8,15,20-27H2,1-6H3. The van der Waals surface area contributed by atoms with E-state index in [9.17, 15) is 0 Å². The molecule has 0 fully saturated rings. The summed E-state index contributed by atoms with van der Waals surface area (Å²) in [4.78, 5) is 2.50. The molecular weight excluding hydrogens is 462 g/mol. The van der Waals surface area contributed by atoms with Gasteiger partial charge in [0.05, 0.1) is 17.8 Å². The lowest BCUT2D eigenvalue weighted by Crippen LogP contribution is -2.33. The molecule has 0 unspecified atom stereocenters. The van der Waals surface area contributed by atoms with Crippen LogP contribution < -0.4 is 0 Å². The summed E-state index contributed by atoms with van der Waals surface area (Å²) in [6, 6.07) is 21.4. The smallest absolute Gasteiger partial charge is 0.157 e. The second kappa shape index (κ2) is 17.0. The molecule has 0 aliphatic carbocycles. The van der Waals surface area contributed by atoms with Gasteiger partial charge in [-0.15, -0.1) is 0 Å². The molecular formula is C32H51NO4. The van der Waals surface area contributed by atoms with Gasteiger partial charge in [0.25, 0.3) is 0 Å². The van der Waals surface area contributed by atoms with E-state index in [0.717, 1.165) is 51.9 Å². The minimum Gasteiger partial charge on any atom is -0.375 e. The number of benzene rings is 2. The highest BCUT2D eigenvalue weighted by atomic mass is 16.7. The first-order valence-electron chi connectivity index (χ1n) is 14.0. The van der Waals surface area contributed by atoms with E-state index >= 15 is 0 Å². The summed E-state index contributed by atoms with van der Waals surface area (Å²) in [5.41, 5.74) is 2.23. The largest absolute Gasteiger partial charge is 0.375 e. The molecule has 2 aromatic rings. The van der Waals surface area contributed by atoms with Crippen molar-refractivity contribution in [1.29, 1.82) is 0 Å². The summed E-state index contributed by atoms with van der Waals surface area (Å²) in [6.07, 6.45) is 3.41. The molecule has 208 valence electrons. The van der Waals surface area contributed by atoms with Crippen molar-refractivity contribution in [2.75, 3.05) is 33.0 Å². The summed E-state index contributed by atoms with van der Waals surface area (Å²) < 4.78 is 23.9. The third kappa shape index (κ3) is 14.1. The van der Waals surface area contributed by atoms with Gasteiger partial charge in [0.1, 0.15) is 0 Å². The van der Waals surface area contributed by atoms with Crippen molar-refractivity contribution in [3.63, 3.8) is 0 Å². The predicted molar refractivity (Wildman–Crippen MR) is 153 cm³/mol. The van der Waals surface area contributed by atoms with Gasteiger partial charge in [-0.3, -0.25) is 4.90 Å². The molecule has 2 aromatic carbocycles. The van der Waals surface area contributed by atoms with Gasteiger partial charge in [-0.05, 0) is 71.9 Å². The van der Waals surface area contributed by atoms with Crippen LogP contribution in [-0.4, -0.2) is 55.4 Å². The predicted octanol–water partition coefficient (Wildman–Crippen LogP) is 7.24. The number of hydrogen-bond acceptors (Lipinski definition) is 5. The lowest BCUT2D eigenvalue weighted by Gasteiger charge is -2.31. The minimum atomic E-state index is -0.224. The van der Waals surface area contributed by atoms with Gasteiger partial charge in [0.15, 0.2) is 6.29 Å². The Morgan fingerprint density at radius 1 is 0.676 bits per heavy atom. The molecule has 2 rings (SSSR count). The fourth-order valence-corrected chi connectivity index (χ4v) is 4.30. The van der Waals surface area contributed by atoms with Gasteiger partial charge in [0, 0.05) is 45.9 Å². The average molecular weight is 514 g/mol. The molecule has 0 saturated heterocycles. The first kappa shape index (κ1) is 31.5. The molecule has 0 amide bonds. The van der Waals surface area contributed by atoms with Crippen LogP contribution in [0.1, 0.15) is 78.4 Å². The SMILES string of the molecule is CCOC(CCC(C)(C)OCCC(C)(C)OCCCN(Cc1ccccc1)Cc1ccccc1)OCC. The van der Waals surface area contributed by atoms with Crippen molar-refractivity contribution < 1.29 is 18.9 Å². The van der Waals surface area contributed by atoms with Crippen molar-refractivity contribution >= 4 is 0 Å². The molecule has 5 heteroatoms. The molecule has 0 bridgehead atoms. The van der Waals surface area contributed by atoms with E-state index in [1.54, 1.807) is 0 Å². The van der Waals surface area contributed by atoms with Crippen LogP contribution in [0.4, 0.5) is 0 Å². The zero-order valence-electron chi connectivity index (χ0n) is 24.2. The maximum Gasteiger partial charge on any atom is 0.157 e. The topological polar surface area (TPSA) is 40.2 Å². The van der Waals surface area contributed by atoms with Crippen LogP contribution in [0.2, 0.25) is 0 Å². The van der Waals surface area contributed by atoms with Crippen molar-refractivity contribution in [2.24, 2.45) is 0 Å². The molecule has 0 heterocycles. The van der Waals surface area contributed by atoms with Gasteiger partial charge in [-0.2, -0.15) is 0 Å². The van der Waals surface area contributed by atoms with Gasteiger partial charge >= 0.3 is 0 Å². The fourth-order valence-electron chi connectivity index (χ4n) is 4.30. The normalized spacial score (nSPS) is 12.5. The molecule has 0 atom stereocenters. The van der Waals surface area contributed by atoms with E-state index in [1.807, 2.05) is 13.8 Å². The third-order valence-corrected chi connectivity index (χ3v) is 6.49. The van der Waals surface area contributed by atoms with E-state index in [2.05, 4.69) is 93.3 Å². The zero-order valence-corrected chi connectivity index (χ0v) is 24.2. The summed E-state index contributed by atoms with van der Waals surface area (Å²) in [5.74, 6) is 0. The van der Waals surface area contributed by atoms with Crippen LogP contribution in [0.25, 0.3) is 0 Å². The lowest BCUT2D eigenvalue weighted by atomic mass is 10.0. The minimum absolute atomic E-state index is 0.152. The molecule has 0 spiro atoms. The summed E-state index contributed by atoms with van der Waals surface area (Å²) in [5, 5.41) is 0. The lowest BCUT2D eigenvalue weighted by molar-refractivity contribution is -0.150. The quantitative estimate of drug-likeness (QED) is 0.138. The molecule has 0 N–H and O–H groups in total. The molecule has 0 aromatic heterocycles. The molecule has 0 saturated carbocycles. The van der Waals surface area contributed by atoms with Crippen LogP contribution in [0.15, 0.2) is 60.7 Å². The first-order valence-corrected chi connectivity index (χ1v) is 14.0. The second-order valence-electron chi connectivity index (χ2n) is 10.9. The van der Waals surface area contributed by atoms with E-state index in [0.29, 0.717) is 19.8 Å². The van der Waals surface area contributed by atoms with Crippen LogP contribution in [0.3, 0.4) is 0 Å².